The van der Waals surface area contributed by atoms with Crippen LogP contribution in [0, 0.1) is 42.4 Å². The number of primary amides is 1. The van der Waals surface area contributed by atoms with E-state index in [4.69, 9.17) is 60.9 Å². The number of ether oxygens (including phenoxy) is 2. The second-order valence-electron chi connectivity index (χ2n) is 26.1. The lowest BCUT2D eigenvalue weighted by atomic mass is 9.34. The number of carbonyl (C=O) groups excluding carboxylic acids is 8. The van der Waals surface area contributed by atoms with E-state index >= 15 is 0 Å². The Labute approximate surface area is 560 Å². The first-order valence-corrected chi connectivity index (χ1v) is 34.6. The number of thiocarbonyl (C=S) groups is 1. The molecule has 94 heavy (non-hydrogen) atoms. The van der Waals surface area contributed by atoms with Gasteiger partial charge in [0.05, 0.1) is 39.3 Å². The maximum absolute atomic E-state index is 15.0. The van der Waals surface area contributed by atoms with Gasteiger partial charge in [-0.25, -0.2) is 14.2 Å². The van der Waals surface area contributed by atoms with E-state index in [0.717, 1.165) is 33.2 Å². The van der Waals surface area contributed by atoms with Crippen LogP contribution in [0.1, 0.15) is 125 Å². The zero-order valence-electron chi connectivity index (χ0n) is 53.9. The highest BCUT2D eigenvalue weighted by molar-refractivity contribution is 7.80. The molecule has 10 rings (SSSR count). The van der Waals surface area contributed by atoms with Gasteiger partial charge in [0.2, 0.25) is 23.6 Å². The fraction of sp³-hybridized carbons (Fsp3) is 0.523. The number of likely N-dealkylation sites (N-methyl/N-ethyl adjacent to an activating group) is 2. The zero-order valence-corrected chi connectivity index (χ0v) is 57.1. The second kappa shape index (κ2) is 29.4. The van der Waals surface area contributed by atoms with Crippen molar-refractivity contribution in [2.45, 2.75) is 123 Å². The predicted molar refractivity (Wildman–Crippen MR) is 361 cm³/mol. The number of Topliss-reactive ketones (excluding diaryl/α,β-unsaturated/α-hetero) is 2. The monoisotopic (exact) mass is 1380 g/mol. The lowest BCUT2D eigenvalue weighted by Crippen LogP contribution is -2.73. The topological polar surface area (TPSA) is 354 Å². The summed E-state index contributed by atoms with van der Waals surface area (Å²) in [7, 11) is -1.68. The number of halogens is 2. The van der Waals surface area contributed by atoms with Crippen LogP contribution in [-0.4, -0.2) is 153 Å². The van der Waals surface area contributed by atoms with Crippen LogP contribution in [0.3, 0.4) is 0 Å². The number of ketones is 2. The van der Waals surface area contributed by atoms with Crippen molar-refractivity contribution in [2.75, 3.05) is 80.2 Å². The predicted octanol–water partition coefficient (Wildman–Crippen LogP) is 8.64. The third-order valence-electron chi connectivity index (χ3n) is 18.7. The Morgan fingerprint density at radius 1 is 0.787 bits per heavy atom. The number of unbranched alkanes of at least 4 members (excludes halogenated alkanes) is 1. The zero-order chi connectivity index (χ0) is 68.3. The van der Waals surface area contributed by atoms with Crippen LogP contribution in [0.5, 0.6) is 11.5 Å². The van der Waals surface area contributed by atoms with E-state index in [-0.39, 0.29) is 128 Å². The lowest BCUT2D eigenvalue weighted by Gasteiger charge is -2.69. The Morgan fingerprint density at radius 2 is 1.32 bits per heavy atom. The van der Waals surface area contributed by atoms with Gasteiger partial charge in [0.25, 0.3) is 5.17 Å². The average Bonchev–Trinajstić information content (AvgIpc) is 0.898. The molecular weight excluding hydrogens is 1290 g/mol. The molecule has 2 aliphatic heterocycles. The van der Waals surface area contributed by atoms with Gasteiger partial charge in [0.15, 0.2) is 17.3 Å². The van der Waals surface area contributed by atoms with Gasteiger partial charge >= 0.3 is 19.9 Å². The number of hydrogen-bond acceptors (Lipinski definition) is 14. The maximum Gasteiger partial charge on any atom is 0.524 e. The molecule has 7 amide bonds. The van der Waals surface area contributed by atoms with E-state index in [9.17, 15) is 52.7 Å². The quantitative estimate of drug-likeness (QED) is 0.00898. The molecular formula is C65H84Cl2N11O14PS. The largest absolute Gasteiger partial charge is 0.524 e. The number of H-pyrrole nitrogens is 2. The van der Waals surface area contributed by atoms with Gasteiger partial charge in [0.1, 0.15) is 12.4 Å². The van der Waals surface area contributed by atoms with Gasteiger partial charge in [-0.05, 0) is 130 Å². The Bertz CT molecular complexity index is 3800. The van der Waals surface area contributed by atoms with E-state index in [0.29, 0.717) is 85.0 Å². The average molecular weight is 1380 g/mol. The van der Waals surface area contributed by atoms with Crippen LogP contribution < -0.4 is 46.5 Å². The van der Waals surface area contributed by atoms with E-state index in [1.165, 1.54) is 17.9 Å². The fourth-order valence-electron chi connectivity index (χ4n) is 13.9. The number of aryl methyl sites for hydroxylation is 2. The van der Waals surface area contributed by atoms with Gasteiger partial charge in [0, 0.05) is 136 Å². The molecule has 4 unspecified atom stereocenters. The van der Waals surface area contributed by atoms with Gasteiger partial charge < -0.3 is 75.8 Å². The number of nitrogens with one attached hydrogen (secondary N) is 5. The summed E-state index contributed by atoms with van der Waals surface area (Å²) in [5.74, 6) is -3.47. The number of hydrogen-bond donors (Lipinski definition) is 9. The van der Waals surface area contributed by atoms with Crippen molar-refractivity contribution < 1.29 is 66.7 Å². The summed E-state index contributed by atoms with van der Waals surface area (Å²) < 4.78 is 29.3. The molecule has 5 aliphatic rings. The number of fused-ring (bicyclic) bond motifs is 6. The van der Waals surface area contributed by atoms with E-state index in [1.54, 1.807) is 79.2 Å². The summed E-state index contributed by atoms with van der Waals surface area (Å²) in [6.07, 6.45) is 5.91. The molecule has 29 heteroatoms. The number of carbonyl (C=O) groups is 8. The Kier molecular flexibility index (Phi) is 22.2. The number of benzene rings is 3. The normalized spacial score (nSPS) is 19.5. The Hall–Kier alpha value is -7.32. The molecule has 3 saturated carbocycles. The minimum Gasteiger partial charge on any atom is -0.466 e. The number of phosphoric acid groups is 1. The van der Waals surface area contributed by atoms with Crippen molar-refractivity contribution in [3.8, 4) is 11.5 Å². The first-order chi connectivity index (χ1) is 44.5. The number of urea groups is 1. The fourth-order valence-corrected chi connectivity index (χ4v) is 15.0. The van der Waals surface area contributed by atoms with Gasteiger partial charge in [-0.3, -0.25) is 33.8 Å². The summed E-state index contributed by atoms with van der Waals surface area (Å²) in [5, 5.41) is 9.89. The standard InChI is InChI=1S/C65H84Cl2N11O14PS/c1-35(2)54(74-58(82)40(21-38(5)79)11-8-9-17-68)47(80)22-41(12-10-18-70-61(69)85)57(81)73-44-15-13-39(14-16-44)31-90-63(94)76(7)20-19-75(6)62(86)91-48-23-45-52(50-36(3)27-71-55(48)50)42(25-66)29-77(45)59(83)64-32-65(33-64,34-64)60(84)78-30-43(26-67)53-46(78)24-49(92-93(87,88)89)56-51(53)37(4)28-72-56/h13-16,23-24,27-28,35,40-43,54,71-72H,8-12,17-22,25-26,29-34,68H2,1-7H3,(H,73,81)(H,74,82)(H3,69,70,85)(H2,87,88,89)/t40-,41?,42?,43?,54?,64?,65?/m1/s1. The molecule has 25 nitrogen and oxygen atoms in total. The number of nitrogens with two attached hydrogens (primary N) is 2. The van der Waals surface area contributed by atoms with Gasteiger partial charge in [-0.15, -0.1) is 23.2 Å². The number of amides is 7. The Balaban J connectivity index is 0.788. The van der Waals surface area contributed by atoms with E-state index in [2.05, 4.69) is 25.9 Å². The van der Waals surface area contributed by atoms with Crippen LogP contribution in [0.25, 0.3) is 21.8 Å². The third-order valence-corrected chi connectivity index (χ3v) is 20.3. The molecule has 3 aliphatic carbocycles. The number of alkyl halides is 2. The molecule has 5 atom stereocenters. The SMILES string of the molecule is CC(=O)C[C@@H](CCCCN)C(=O)NC(C(=O)CC(CCCNC(N)=O)C(=O)Nc1ccc(COC(=S)N(C)CCN(C)C(=O)Oc2cc3c(c4c(C)c[nH]c24)C(CCl)CN3C(=O)C23CC(C(=O)N4CC(CCl)c5c4cc(OP(=O)(O)O)c4[nH]cc(C)c54)(C2)C3)cc1)C(C)C. The smallest absolute Gasteiger partial charge is 0.466 e. The molecule has 3 aromatic carbocycles. The summed E-state index contributed by atoms with van der Waals surface area (Å²) in [4.78, 5) is 141. The minimum atomic E-state index is -4.98. The van der Waals surface area contributed by atoms with Crippen LogP contribution in [0.2, 0.25) is 0 Å². The van der Waals surface area contributed by atoms with Crippen molar-refractivity contribution in [3.63, 3.8) is 0 Å². The molecule has 3 fully saturated rings. The number of aromatic nitrogens is 2. The van der Waals surface area contributed by atoms with Crippen molar-refractivity contribution in [1.82, 2.24) is 30.4 Å². The highest BCUT2D eigenvalue weighted by atomic mass is 35.5. The summed E-state index contributed by atoms with van der Waals surface area (Å²) in [6.45, 7) is 10.4. The molecule has 0 spiro atoms. The van der Waals surface area contributed by atoms with Crippen LogP contribution in [0.4, 0.5) is 26.7 Å². The first-order valence-electron chi connectivity index (χ1n) is 31.6. The number of aromatic amines is 2. The molecule has 11 N–H and O–H groups in total. The maximum atomic E-state index is 15.0. The van der Waals surface area contributed by atoms with Gasteiger partial charge in [-0.2, -0.15) is 0 Å². The van der Waals surface area contributed by atoms with Crippen molar-refractivity contribution >= 4 is 135 Å². The second-order valence-corrected chi connectivity index (χ2v) is 28.3. The van der Waals surface area contributed by atoms with Crippen molar-refractivity contribution in [3.05, 3.63) is 76.6 Å². The lowest BCUT2D eigenvalue weighted by molar-refractivity contribution is -0.205. The van der Waals surface area contributed by atoms with E-state index in [1.807, 2.05) is 20.0 Å². The van der Waals surface area contributed by atoms with Crippen LogP contribution in [0.15, 0.2) is 48.8 Å². The molecule has 5 aromatic rings. The summed E-state index contributed by atoms with van der Waals surface area (Å²) >= 11 is 18.8. The molecule has 2 bridgehead atoms. The minimum absolute atomic E-state index is 0.0334. The first kappa shape index (κ1) is 71.0. The Morgan fingerprint density at radius 3 is 1.84 bits per heavy atom. The number of nitrogens with zero attached hydrogens (tertiary/aromatic N) is 4. The van der Waals surface area contributed by atoms with E-state index < -0.39 is 60.5 Å². The highest BCUT2D eigenvalue weighted by Crippen LogP contribution is 2.75. The molecule has 0 saturated heterocycles. The molecule has 2 aromatic heterocycles. The van der Waals surface area contributed by atoms with Crippen LogP contribution >= 0.6 is 43.2 Å². The van der Waals surface area contributed by atoms with Crippen molar-refractivity contribution in [2.24, 2.45) is 40.1 Å². The summed E-state index contributed by atoms with van der Waals surface area (Å²) in [5.41, 5.74) is 15.7. The number of anilines is 3. The number of phosphoric ester groups is 1. The molecule has 0 radical (unpaired) electrons. The molecule has 4 heterocycles. The van der Waals surface area contributed by atoms with Crippen LogP contribution in [-0.2, 0) is 44.7 Å². The van der Waals surface area contributed by atoms with Crippen molar-refractivity contribution in [1.29, 1.82) is 0 Å². The summed E-state index contributed by atoms with van der Waals surface area (Å²) in [6, 6.07) is 8.41. The number of rotatable bonds is 30. The highest BCUT2D eigenvalue weighted by Gasteiger charge is 2.76. The third kappa shape index (κ3) is 15.2. The molecule has 508 valence electrons. The van der Waals surface area contributed by atoms with Gasteiger partial charge in [-0.1, -0.05) is 32.4 Å².